The van der Waals surface area contributed by atoms with E-state index in [0.29, 0.717) is 30.2 Å². The number of ether oxygens (including phenoxy) is 1. The smallest absolute Gasteiger partial charge is 0.255 e. The first-order chi connectivity index (χ1) is 17.7. The maximum atomic E-state index is 13.6. The summed E-state index contributed by atoms with van der Waals surface area (Å²) in [5.74, 6) is 0.0452. The standard InChI is InChI=1S/C28H39N5O4/c1-20(2)30-26(34)18-32-13-9-5-6-10-14-37-25-12-8-7-11-24(25)33(19-27(35)31-21(3)4)23-15-22(28(32)36)16-29-17-23/h7-8,11-12,15-17,20-21H,5-6,9-10,13-14,18-19H2,1-4H3,(H,30,34)(H,31,35). The molecule has 0 saturated heterocycles. The number of hydrogen-bond donors (Lipinski definition) is 2. The molecule has 2 bridgehead atoms. The number of amides is 3. The van der Waals surface area contributed by atoms with Gasteiger partial charge in [0.1, 0.15) is 12.3 Å². The molecule has 3 rings (SSSR count). The van der Waals surface area contributed by atoms with Crippen LogP contribution in [-0.2, 0) is 9.59 Å². The minimum atomic E-state index is -0.265. The van der Waals surface area contributed by atoms with Gasteiger partial charge in [-0.15, -0.1) is 0 Å². The molecule has 2 aromatic rings. The number of carbonyl (C=O) groups excluding carboxylic acids is 3. The molecule has 37 heavy (non-hydrogen) atoms. The molecule has 0 fully saturated rings. The largest absolute Gasteiger partial charge is 0.491 e. The highest BCUT2D eigenvalue weighted by molar-refractivity contribution is 5.97. The predicted molar refractivity (Wildman–Crippen MR) is 144 cm³/mol. The van der Waals surface area contributed by atoms with Crippen molar-refractivity contribution in [3.63, 3.8) is 0 Å². The maximum absolute atomic E-state index is 13.6. The number of anilines is 2. The minimum Gasteiger partial charge on any atom is -0.491 e. The molecule has 0 spiro atoms. The zero-order valence-corrected chi connectivity index (χ0v) is 22.3. The number of hydrogen-bond acceptors (Lipinski definition) is 6. The Morgan fingerprint density at radius 2 is 1.62 bits per heavy atom. The minimum absolute atomic E-state index is 0.0123. The summed E-state index contributed by atoms with van der Waals surface area (Å²) in [6, 6.07) is 9.27. The van der Waals surface area contributed by atoms with Crippen LogP contribution >= 0.6 is 0 Å². The number of benzene rings is 1. The molecule has 1 aliphatic rings. The summed E-state index contributed by atoms with van der Waals surface area (Å²) in [6.07, 6.45) is 6.64. The van der Waals surface area contributed by atoms with Crippen LogP contribution in [0.5, 0.6) is 5.75 Å². The lowest BCUT2D eigenvalue weighted by molar-refractivity contribution is -0.122. The van der Waals surface area contributed by atoms with E-state index in [1.165, 1.54) is 6.20 Å². The fraction of sp³-hybridized carbons (Fsp3) is 0.500. The van der Waals surface area contributed by atoms with Crippen LogP contribution in [0.15, 0.2) is 42.7 Å². The maximum Gasteiger partial charge on any atom is 0.255 e. The fourth-order valence-electron chi connectivity index (χ4n) is 4.24. The molecule has 1 aromatic carbocycles. The van der Waals surface area contributed by atoms with Crippen molar-refractivity contribution < 1.29 is 19.1 Å². The number of para-hydroxylation sites is 2. The highest BCUT2D eigenvalue weighted by Crippen LogP contribution is 2.34. The van der Waals surface area contributed by atoms with Crippen molar-refractivity contribution in [2.75, 3.05) is 31.1 Å². The van der Waals surface area contributed by atoms with E-state index in [-0.39, 0.29) is 42.9 Å². The summed E-state index contributed by atoms with van der Waals surface area (Å²) in [5, 5.41) is 5.80. The van der Waals surface area contributed by atoms with Gasteiger partial charge in [0, 0.05) is 24.8 Å². The second-order valence-electron chi connectivity index (χ2n) is 9.92. The summed E-state index contributed by atoms with van der Waals surface area (Å²) in [5.41, 5.74) is 1.66. The van der Waals surface area contributed by atoms with Crippen molar-refractivity contribution in [3.8, 4) is 5.75 Å². The molecule has 1 aromatic heterocycles. The summed E-state index contributed by atoms with van der Waals surface area (Å²) < 4.78 is 6.14. The third-order valence-corrected chi connectivity index (χ3v) is 5.84. The van der Waals surface area contributed by atoms with Crippen LogP contribution in [0.4, 0.5) is 11.4 Å². The number of nitrogens with zero attached hydrogens (tertiary/aromatic N) is 3. The monoisotopic (exact) mass is 509 g/mol. The fourth-order valence-corrected chi connectivity index (χ4v) is 4.24. The zero-order valence-electron chi connectivity index (χ0n) is 22.3. The molecule has 0 unspecified atom stereocenters. The summed E-state index contributed by atoms with van der Waals surface area (Å²) >= 11 is 0. The van der Waals surface area contributed by atoms with Gasteiger partial charge in [-0.1, -0.05) is 25.0 Å². The number of rotatable bonds is 6. The third-order valence-electron chi connectivity index (χ3n) is 5.84. The van der Waals surface area contributed by atoms with E-state index in [2.05, 4.69) is 15.6 Å². The second-order valence-corrected chi connectivity index (χ2v) is 9.92. The van der Waals surface area contributed by atoms with Crippen LogP contribution in [0, 0.1) is 0 Å². The van der Waals surface area contributed by atoms with E-state index in [0.717, 1.165) is 31.4 Å². The lowest BCUT2D eigenvalue weighted by Gasteiger charge is -2.27. The predicted octanol–water partition coefficient (Wildman–Crippen LogP) is 3.66. The number of aromatic nitrogens is 1. The topological polar surface area (TPSA) is 104 Å². The number of carbonyl (C=O) groups is 3. The van der Waals surface area contributed by atoms with Crippen LogP contribution in [0.1, 0.15) is 63.7 Å². The van der Waals surface area contributed by atoms with Crippen molar-refractivity contribution in [2.45, 2.75) is 65.5 Å². The van der Waals surface area contributed by atoms with Crippen LogP contribution in [0.25, 0.3) is 0 Å². The van der Waals surface area contributed by atoms with Gasteiger partial charge in [0.25, 0.3) is 5.91 Å². The van der Waals surface area contributed by atoms with Gasteiger partial charge < -0.3 is 25.2 Å². The van der Waals surface area contributed by atoms with Gasteiger partial charge in [0.05, 0.1) is 36.3 Å². The third kappa shape index (κ3) is 8.48. The first kappa shape index (κ1) is 28.0. The molecule has 3 amide bonds. The Bertz CT molecular complexity index is 1070. The van der Waals surface area contributed by atoms with Crippen LogP contribution in [0.2, 0.25) is 0 Å². The van der Waals surface area contributed by atoms with E-state index in [1.54, 1.807) is 17.2 Å². The number of nitrogens with one attached hydrogen (secondary N) is 2. The first-order valence-electron chi connectivity index (χ1n) is 13.1. The molecule has 1 aliphatic heterocycles. The molecule has 9 heteroatoms. The van der Waals surface area contributed by atoms with Gasteiger partial charge in [-0.3, -0.25) is 19.4 Å². The Morgan fingerprint density at radius 1 is 0.946 bits per heavy atom. The Labute approximate surface area is 219 Å². The van der Waals surface area contributed by atoms with Crippen LogP contribution in [-0.4, -0.2) is 65.9 Å². The van der Waals surface area contributed by atoms with Crippen LogP contribution in [0.3, 0.4) is 0 Å². The lowest BCUT2D eigenvalue weighted by Crippen LogP contribution is -2.43. The molecule has 0 saturated carbocycles. The molecule has 2 N–H and O–H groups in total. The van der Waals surface area contributed by atoms with Crippen molar-refractivity contribution in [1.29, 1.82) is 0 Å². The Kier molecular flexibility index (Phi) is 10.3. The lowest BCUT2D eigenvalue weighted by atomic mass is 10.1. The summed E-state index contributed by atoms with van der Waals surface area (Å²) in [7, 11) is 0. The van der Waals surface area contributed by atoms with Crippen molar-refractivity contribution in [3.05, 3.63) is 48.3 Å². The molecular weight excluding hydrogens is 470 g/mol. The molecule has 2 heterocycles. The zero-order chi connectivity index (χ0) is 26.8. The molecule has 200 valence electrons. The van der Waals surface area contributed by atoms with E-state index < -0.39 is 0 Å². The molecule has 0 atom stereocenters. The van der Waals surface area contributed by atoms with Crippen molar-refractivity contribution >= 4 is 29.1 Å². The van der Waals surface area contributed by atoms with Gasteiger partial charge >= 0.3 is 0 Å². The Balaban J connectivity index is 2.01. The van der Waals surface area contributed by atoms with E-state index in [4.69, 9.17) is 4.74 Å². The molecule has 0 radical (unpaired) electrons. The Hall–Kier alpha value is -3.62. The first-order valence-corrected chi connectivity index (χ1v) is 13.1. The highest BCUT2D eigenvalue weighted by atomic mass is 16.5. The normalized spacial score (nSPS) is 14.9. The van der Waals surface area contributed by atoms with Crippen molar-refractivity contribution in [1.82, 2.24) is 20.5 Å². The van der Waals surface area contributed by atoms with Gasteiger partial charge in [0.15, 0.2) is 0 Å². The summed E-state index contributed by atoms with van der Waals surface area (Å²) in [6.45, 7) is 8.62. The van der Waals surface area contributed by atoms with Gasteiger partial charge in [0.2, 0.25) is 11.8 Å². The average Bonchev–Trinajstić information content (AvgIpc) is 2.85. The molecule has 0 aliphatic carbocycles. The SMILES string of the molecule is CC(C)NC(=O)CN1CCCCCCOc2ccccc2N(CC(=O)NC(C)C)c2cncc(c2)C1=O. The second kappa shape index (κ2) is 13.6. The number of pyridine rings is 1. The van der Waals surface area contributed by atoms with Crippen LogP contribution < -0.4 is 20.3 Å². The van der Waals surface area contributed by atoms with Gasteiger partial charge in [-0.25, -0.2) is 0 Å². The quantitative estimate of drug-likeness (QED) is 0.616. The molecule has 9 nitrogen and oxygen atoms in total. The van der Waals surface area contributed by atoms with E-state index >= 15 is 0 Å². The number of fused-ring (bicyclic) bond motifs is 3. The average molecular weight is 510 g/mol. The van der Waals surface area contributed by atoms with E-state index in [9.17, 15) is 14.4 Å². The highest BCUT2D eigenvalue weighted by Gasteiger charge is 2.23. The van der Waals surface area contributed by atoms with Gasteiger partial charge in [-0.2, -0.15) is 0 Å². The Morgan fingerprint density at radius 3 is 2.35 bits per heavy atom. The molecular formula is C28H39N5O4. The van der Waals surface area contributed by atoms with E-state index in [1.807, 2.05) is 56.9 Å². The summed E-state index contributed by atoms with van der Waals surface area (Å²) in [4.78, 5) is 46.7. The van der Waals surface area contributed by atoms with Crippen molar-refractivity contribution in [2.24, 2.45) is 0 Å². The van der Waals surface area contributed by atoms with Gasteiger partial charge in [-0.05, 0) is 58.7 Å².